The third-order valence-electron chi connectivity index (χ3n) is 5.21. The Morgan fingerprint density at radius 3 is 2.52 bits per heavy atom. The molecule has 2 N–H and O–H groups in total. The second kappa shape index (κ2) is 16.1. The zero-order valence-corrected chi connectivity index (χ0v) is 20.5. The van der Waals surface area contributed by atoms with Crippen LogP contribution in [0.1, 0.15) is 38.5 Å². The van der Waals surface area contributed by atoms with Gasteiger partial charge in [0.2, 0.25) is 5.91 Å². The molecule has 0 radical (unpaired) electrons. The van der Waals surface area contributed by atoms with E-state index in [1.807, 2.05) is 0 Å². The van der Waals surface area contributed by atoms with Crippen molar-refractivity contribution >= 4 is 35.8 Å². The third-order valence-corrected chi connectivity index (χ3v) is 5.21. The zero-order valence-electron chi connectivity index (χ0n) is 18.2. The molecule has 0 aromatic rings. The second-order valence-electron chi connectivity index (χ2n) is 7.74. The first-order valence-corrected chi connectivity index (χ1v) is 10.8. The van der Waals surface area contributed by atoms with Crippen LogP contribution in [0.2, 0.25) is 0 Å². The van der Waals surface area contributed by atoms with Gasteiger partial charge in [-0.15, -0.1) is 24.0 Å². The molecule has 0 unspecified atom stereocenters. The van der Waals surface area contributed by atoms with Crippen molar-refractivity contribution in [3.63, 3.8) is 0 Å². The largest absolute Gasteiger partial charge is 0.379 e. The minimum absolute atomic E-state index is 0. The Hall–Kier alpha value is -0.650. The van der Waals surface area contributed by atoms with Crippen LogP contribution >= 0.6 is 24.0 Å². The molecule has 0 atom stereocenters. The van der Waals surface area contributed by atoms with E-state index in [1.54, 1.807) is 19.0 Å². The number of ether oxygens (including phenoxy) is 2. The summed E-state index contributed by atoms with van der Waals surface area (Å²) in [5, 5.41) is 6.68. The quantitative estimate of drug-likeness (QED) is 0.194. The number of aliphatic imine (C=N–C) groups is 1. The summed E-state index contributed by atoms with van der Waals surface area (Å²) in [6.45, 7) is 6.99. The van der Waals surface area contributed by atoms with Gasteiger partial charge in [0.1, 0.15) is 6.54 Å². The molecule has 0 spiro atoms. The minimum atomic E-state index is -0.00471. The third kappa shape index (κ3) is 12.0. The predicted octanol–water partition coefficient (Wildman–Crippen LogP) is 1.30. The fraction of sp³-hybridized carbons (Fsp3) is 0.900. The summed E-state index contributed by atoms with van der Waals surface area (Å²) in [5.41, 5.74) is 0. The molecular weight excluding hydrogens is 485 g/mol. The van der Waals surface area contributed by atoms with E-state index < -0.39 is 0 Å². The maximum absolute atomic E-state index is 11.8. The molecule has 2 fully saturated rings. The Morgan fingerprint density at radius 1 is 1.14 bits per heavy atom. The second-order valence-corrected chi connectivity index (χ2v) is 7.74. The SMILES string of the molecule is CN(C)C(=O)CN=C(NCCCOC1CCCCC1)NCCN1CCOCC1.I. The van der Waals surface area contributed by atoms with E-state index in [0.29, 0.717) is 12.1 Å². The van der Waals surface area contributed by atoms with E-state index >= 15 is 0 Å². The summed E-state index contributed by atoms with van der Waals surface area (Å²) in [6, 6.07) is 0. The Bertz CT molecular complexity index is 467. The number of carbonyl (C=O) groups excluding carboxylic acids is 1. The molecule has 1 aliphatic carbocycles. The van der Waals surface area contributed by atoms with Crippen molar-refractivity contribution in [2.75, 3.05) is 73.2 Å². The summed E-state index contributed by atoms with van der Waals surface area (Å²) >= 11 is 0. The number of likely N-dealkylation sites (N-methyl/N-ethyl adjacent to an activating group) is 1. The number of nitrogens with zero attached hydrogens (tertiary/aromatic N) is 3. The summed E-state index contributed by atoms with van der Waals surface area (Å²) in [7, 11) is 3.50. The molecule has 29 heavy (non-hydrogen) atoms. The average Bonchev–Trinajstić information content (AvgIpc) is 2.72. The molecule has 2 rings (SSSR count). The van der Waals surface area contributed by atoms with E-state index in [4.69, 9.17) is 9.47 Å². The van der Waals surface area contributed by atoms with Gasteiger partial charge in [-0.3, -0.25) is 9.69 Å². The van der Waals surface area contributed by atoms with Crippen LogP contribution in [-0.4, -0.2) is 101 Å². The molecule has 1 saturated heterocycles. The molecule has 0 aromatic carbocycles. The van der Waals surface area contributed by atoms with Gasteiger partial charge in [0, 0.05) is 53.4 Å². The lowest BCUT2D eigenvalue weighted by molar-refractivity contribution is -0.127. The van der Waals surface area contributed by atoms with Gasteiger partial charge in [0.25, 0.3) is 0 Å². The molecule has 0 aromatic heterocycles. The number of halogens is 1. The summed E-state index contributed by atoms with van der Waals surface area (Å²) in [4.78, 5) is 20.2. The molecule has 1 aliphatic heterocycles. The van der Waals surface area contributed by atoms with Gasteiger partial charge >= 0.3 is 0 Å². The van der Waals surface area contributed by atoms with Crippen LogP contribution in [0.15, 0.2) is 4.99 Å². The van der Waals surface area contributed by atoms with Crippen molar-refractivity contribution in [2.45, 2.75) is 44.6 Å². The minimum Gasteiger partial charge on any atom is -0.379 e. The Morgan fingerprint density at radius 2 is 1.83 bits per heavy atom. The van der Waals surface area contributed by atoms with Crippen LogP contribution in [-0.2, 0) is 14.3 Å². The van der Waals surface area contributed by atoms with Crippen molar-refractivity contribution in [1.29, 1.82) is 0 Å². The van der Waals surface area contributed by atoms with Gasteiger partial charge in [0.05, 0.1) is 19.3 Å². The van der Waals surface area contributed by atoms with Gasteiger partial charge in [-0.1, -0.05) is 19.3 Å². The first kappa shape index (κ1) is 26.4. The number of guanidine groups is 1. The summed E-state index contributed by atoms with van der Waals surface area (Å²) in [6.07, 6.45) is 7.74. The van der Waals surface area contributed by atoms with E-state index in [9.17, 15) is 4.79 Å². The monoisotopic (exact) mass is 525 g/mol. The maximum atomic E-state index is 11.8. The van der Waals surface area contributed by atoms with Gasteiger partial charge in [-0.25, -0.2) is 4.99 Å². The van der Waals surface area contributed by atoms with Crippen molar-refractivity contribution in [3.8, 4) is 0 Å². The highest BCUT2D eigenvalue weighted by Crippen LogP contribution is 2.20. The normalized spacial score (nSPS) is 18.8. The van der Waals surface area contributed by atoms with Crippen molar-refractivity contribution in [1.82, 2.24) is 20.4 Å². The number of hydrogen-bond acceptors (Lipinski definition) is 5. The molecule has 0 bridgehead atoms. The number of amides is 1. The highest BCUT2D eigenvalue weighted by Gasteiger charge is 2.13. The van der Waals surface area contributed by atoms with Gasteiger partial charge < -0.3 is 25.0 Å². The molecule has 170 valence electrons. The maximum Gasteiger partial charge on any atom is 0.243 e. The van der Waals surface area contributed by atoms with Crippen molar-refractivity contribution in [2.24, 2.45) is 4.99 Å². The molecule has 1 heterocycles. The Balaban J connectivity index is 0.00000420. The lowest BCUT2D eigenvalue weighted by Gasteiger charge is -2.26. The number of rotatable bonds is 10. The first-order valence-electron chi connectivity index (χ1n) is 10.8. The average molecular weight is 525 g/mol. The predicted molar refractivity (Wildman–Crippen MR) is 127 cm³/mol. The van der Waals surface area contributed by atoms with Gasteiger partial charge in [-0.2, -0.15) is 0 Å². The number of hydrogen-bond donors (Lipinski definition) is 2. The number of morpholine rings is 1. The van der Waals surface area contributed by atoms with Crippen molar-refractivity contribution in [3.05, 3.63) is 0 Å². The summed E-state index contributed by atoms with van der Waals surface area (Å²) < 4.78 is 11.4. The molecule has 1 saturated carbocycles. The molecular formula is C20H40IN5O3. The van der Waals surface area contributed by atoms with E-state index in [0.717, 1.165) is 59.0 Å². The van der Waals surface area contributed by atoms with Crippen LogP contribution in [0.3, 0.4) is 0 Å². The smallest absolute Gasteiger partial charge is 0.243 e. The molecule has 2 aliphatic rings. The van der Waals surface area contributed by atoms with Crippen LogP contribution in [0.4, 0.5) is 0 Å². The van der Waals surface area contributed by atoms with Gasteiger partial charge in [0.15, 0.2) is 5.96 Å². The lowest BCUT2D eigenvalue weighted by Crippen LogP contribution is -2.45. The Kier molecular flexibility index (Phi) is 14.6. The highest BCUT2D eigenvalue weighted by atomic mass is 127. The standard InChI is InChI=1S/C20H39N5O3.HI/c1-24(2)19(26)17-23-20(22-10-11-25-12-15-27-16-13-25)21-9-6-14-28-18-7-4-3-5-8-18;/h18H,3-17H2,1-2H3,(H2,21,22,23);1H. The van der Waals surface area contributed by atoms with E-state index in [2.05, 4.69) is 20.5 Å². The van der Waals surface area contributed by atoms with Gasteiger partial charge in [-0.05, 0) is 19.3 Å². The number of carbonyl (C=O) groups is 1. The van der Waals surface area contributed by atoms with E-state index in [1.165, 1.54) is 32.1 Å². The zero-order chi connectivity index (χ0) is 20.0. The summed E-state index contributed by atoms with van der Waals surface area (Å²) in [5.74, 6) is 0.691. The van der Waals surface area contributed by atoms with Crippen LogP contribution in [0.25, 0.3) is 0 Å². The fourth-order valence-corrected chi connectivity index (χ4v) is 3.38. The highest BCUT2D eigenvalue weighted by molar-refractivity contribution is 14.0. The first-order chi connectivity index (χ1) is 13.6. The molecule has 8 nitrogen and oxygen atoms in total. The van der Waals surface area contributed by atoms with Crippen LogP contribution < -0.4 is 10.6 Å². The molecule has 9 heteroatoms. The van der Waals surface area contributed by atoms with Crippen LogP contribution in [0.5, 0.6) is 0 Å². The van der Waals surface area contributed by atoms with E-state index in [-0.39, 0.29) is 36.4 Å². The fourth-order valence-electron chi connectivity index (χ4n) is 3.38. The molecule has 1 amide bonds. The lowest BCUT2D eigenvalue weighted by atomic mass is 9.98. The number of nitrogens with one attached hydrogen (secondary N) is 2. The topological polar surface area (TPSA) is 78.4 Å². The Labute approximate surface area is 193 Å². The van der Waals surface area contributed by atoms with Crippen molar-refractivity contribution < 1.29 is 14.3 Å². The van der Waals surface area contributed by atoms with Crippen LogP contribution in [0, 0.1) is 0 Å².